The lowest BCUT2D eigenvalue weighted by atomic mass is 10.0. The maximum Gasteiger partial charge on any atom is 0.418 e. The van der Waals surface area contributed by atoms with Gasteiger partial charge in [-0.05, 0) is 57.4 Å². The predicted molar refractivity (Wildman–Crippen MR) is 142 cm³/mol. The molecule has 0 spiro atoms. The number of amides is 2. The molecule has 2 aromatic carbocycles. The summed E-state index contributed by atoms with van der Waals surface area (Å²) in [5.74, 6) is -1.26. The first kappa shape index (κ1) is 30.2. The summed E-state index contributed by atoms with van der Waals surface area (Å²) in [5.41, 5.74) is 8.09. The zero-order chi connectivity index (χ0) is 28.3. The standard InChI is InChI=1S/C29H35N3O6/c1-6-13-37-27(34)23-12-8-11-22(15-23)18-36-19-24(17-30)32(28(35)38-29(3,4)5)26(33)25(31)16-21-10-7-9-20(2)14-21/h6-12,14-15,24-25H,1,13,16,18-19,31H2,2-5H3/t24?,25-/m0/s1. The summed E-state index contributed by atoms with van der Waals surface area (Å²) >= 11 is 0. The Morgan fingerprint density at radius 1 is 1.13 bits per heavy atom. The Balaban J connectivity index is 2.16. The first-order chi connectivity index (χ1) is 17.9. The fourth-order valence-corrected chi connectivity index (χ4v) is 3.50. The number of benzene rings is 2. The number of rotatable bonds is 11. The zero-order valence-electron chi connectivity index (χ0n) is 22.3. The van der Waals surface area contributed by atoms with Crippen LogP contribution in [0.3, 0.4) is 0 Å². The third-order valence-electron chi connectivity index (χ3n) is 5.18. The highest BCUT2D eigenvalue weighted by atomic mass is 16.6. The predicted octanol–water partition coefficient (Wildman–Crippen LogP) is 4.08. The van der Waals surface area contributed by atoms with Crippen LogP contribution in [0.5, 0.6) is 0 Å². The number of hydrogen-bond donors (Lipinski definition) is 1. The van der Waals surface area contributed by atoms with Crippen LogP contribution >= 0.6 is 0 Å². The second kappa shape index (κ2) is 14.1. The SMILES string of the molecule is C=CCOC(=O)c1cccc(COCC(C#N)N(C(=O)OC(C)(C)C)C(=O)[C@@H](N)Cc2cccc(C)c2)c1. The Labute approximate surface area is 223 Å². The van der Waals surface area contributed by atoms with Crippen molar-refractivity contribution in [2.24, 2.45) is 5.73 Å². The third kappa shape index (κ3) is 9.47. The van der Waals surface area contributed by atoms with Gasteiger partial charge in [-0.15, -0.1) is 0 Å². The first-order valence-electron chi connectivity index (χ1n) is 12.2. The van der Waals surface area contributed by atoms with E-state index in [0.29, 0.717) is 11.1 Å². The van der Waals surface area contributed by atoms with Crippen molar-refractivity contribution >= 4 is 18.0 Å². The van der Waals surface area contributed by atoms with Crippen molar-refractivity contribution in [2.45, 2.75) is 58.4 Å². The van der Waals surface area contributed by atoms with Gasteiger partial charge in [0.1, 0.15) is 12.2 Å². The number of nitrogens with zero attached hydrogens (tertiary/aromatic N) is 2. The van der Waals surface area contributed by atoms with Gasteiger partial charge in [0.25, 0.3) is 0 Å². The lowest BCUT2D eigenvalue weighted by Gasteiger charge is -2.30. The number of carbonyl (C=O) groups excluding carboxylic acids is 3. The fourth-order valence-electron chi connectivity index (χ4n) is 3.50. The number of ether oxygens (including phenoxy) is 3. The summed E-state index contributed by atoms with van der Waals surface area (Å²) in [6.07, 6.45) is 0.662. The van der Waals surface area contributed by atoms with Crippen molar-refractivity contribution in [3.8, 4) is 6.07 Å². The molecule has 2 atom stereocenters. The highest BCUT2D eigenvalue weighted by molar-refractivity contribution is 5.96. The van der Waals surface area contributed by atoms with E-state index in [0.717, 1.165) is 16.0 Å². The minimum atomic E-state index is -1.29. The highest BCUT2D eigenvalue weighted by Crippen LogP contribution is 2.16. The maximum absolute atomic E-state index is 13.3. The van der Waals surface area contributed by atoms with E-state index in [-0.39, 0.29) is 26.2 Å². The van der Waals surface area contributed by atoms with Gasteiger partial charge in [0.2, 0.25) is 5.91 Å². The molecule has 0 aliphatic rings. The zero-order valence-corrected chi connectivity index (χ0v) is 22.3. The highest BCUT2D eigenvalue weighted by Gasteiger charge is 2.36. The van der Waals surface area contributed by atoms with E-state index in [1.165, 1.54) is 6.08 Å². The van der Waals surface area contributed by atoms with Crippen LogP contribution in [0.15, 0.2) is 61.2 Å². The molecule has 9 heteroatoms. The number of nitrogens with two attached hydrogens (primary N) is 1. The van der Waals surface area contributed by atoms with Crippen molar-refractivity contribution < 1.29 is 28.6 Å². The summed E-state index contributed by atoms with van der Waals surface area (Å²) in [4.78, 5) is 39.2. The number of esters is 1. The molecule has 2 amide bonds. The maximum atomic E-state index is 13.3. The molecule has 1 unspecified atom stereocenters. The normalized spacial score (nSPS) is 12.5. The van der Waals surface area contributed by atoms with Gasteiger partial charge in [0.05, 0.1) is 30.9 Å². The summed E-state index contributed by atoms with van der Waals surface area (Å²) in [6.45, 7) is 10.2. The van der Waals surface area contributed by atoms with Crippen molar-refractivity contribution in [3.63, 3.8) is 0 Å². The van der Waals surface area contributed by atoms with Gasteiger partial charge in [-0.3, -0.25) is 4.79 Å². The molecule has 2 N–H and O–H groups in total. The van der Waals surface area contributed by atoms with Gasteiger partial charge < -0.3 is 19.9 Å². The van der Waals surface area contributed by atoms with E-state index in [2.05, 4.69) is 6.58 Å². The molecule has 0 bridgehead atoms. The second-order valence-electron chi connectivity index (χ2n) is 9.74. The Kier molecular flexibility index (Phi) is 11.2. The molecule has 0 aromatic heterocycles. The Bertz CT molecular complexity index is 1180. The Morgan fingerprint density at radius 3 is 2.45 bits per heavy atom. The van der Waals surface area contributed by atoms with Crippen LogP contribution < -0.4 is 5.73 Å². The minimum absolute atomic E-state index is 0.0203. The molecule has 38 heavy (non-hydrogen) atoms. The van der Waals surface area contributed by atoms with Crippen LogP contribution in [0.25, 0.3) is 0 Å². The van der Waals surface area contributed by atoms with Crippen molar-refractivity contribution in [1.82, 2.24) is 4.90 Å². The molecule has 0 saturated heterocycles. The monoisotopic (exact) mass is 521 g/mol. The van der Waals surface area contributed by atoms with Crippen LogP contribution in [0.1, 0.15) is 47.8 Å². The summed E-state index contributed by atoms with van der Waals surface area (Å²) < 4.78 is 16.1. The Morgan fingerprint density at radius 2 is 1.82 bits per heavy atom. The fraction of sp³-hybridized carbons (Fsp3) is 0.379. The molecule has 0 fully saturated rings. The Hall–Kier alpha value is -4.00. The second-order valence-corrected chi connectivity index (χ2v) is 9.74. The quantitative estimate of drug-likeness (QED) is 0.346. The van der Waals surface area contributed by atoms with Crippen LogP contribution in [0, 0.1) is 18.3 Å². The van der Waals surface area contributed by atoms with E-state index in [4.69, 9.17) is 19.9 Å². The average Bonchev–Trinajstić information content (AvgIpc) is 2.85. The summed E-state index contributed by atoms with van der Waals surface area (Å²) in [5, 5.41) is 9.86. The molecule has 2 aromatic rings. The molecule has 0 saturated carbocycles. The lowest BCUT2D eigenvalue weighted by molar-refractivity contribution is -0.134. The largest absolute Gasteiger partial charge is 0.458 e. The first-order valence-corrected chi connectivity index (χ1v) is 12.2. The lowest BCUT2D eigenvalue weighted by Crippen LogP contribution is -2.54. The molecule has 0 aliphatic carbocycles. The molecular formula is C29H35N3O6. The van der Waals surface area contributed by atoms with Crippen LogP contribution in [-0.4, -0.2) is 53.8 Å². The van der Waals surface area contributed by atoms with Gasteiger partial charge in [-0.1, -0.05) is 54.6 Å². The molecule has 0 radical (unpaired) electrons. The number of nitriles is 1. The van der Waals surface area contributed by atoms with Crippen molar-refractivity contribution in [3.05, 3.63) is 83.4 Å². The van der Waals surface area contributed by atoms with Gasteiger partial charge in [0, 0.05) is 0 Å². The van der Waals surface area contributed by atoms with E-state index < -0.39 is 35.7 Å². The van der Waals surface area contributed by atoms with Gasteiger partial charge in [0.15, 0.2) is 6.04 Å². The molecule has 0 heterocycles. The van der Waals surface area contributed by atoms with E-state index >= 15 is 0 Å². The molecular weight excluding hydrogens is 486 g/mol. The third-order valence-corrected chi connectivity index (χ3v) is 5.18. The van der Waals surface area contributed by atoms with Gasteiger partial charge >= 0.3 is 12.1 Å². The van der Waals surface area contributed by atoms with Crippen molar-refractivity contribution in [1.29, 1.82) is 5.26 Å². The summed E-state index contributed by atoms with van der Waals surface area (Å²) in [6, 6.07) is 13.7. The topological polar surface area (TPSA) is 132 Å². The smallest absolute Gasteiger partial charge is 0.418 e. The van der Waals surface area contributed by atoms with Gasteiger partial charge in [-0.2, -0.15) is 5.26 Å². The van der Waals surface area contributed by atoms with Crippen molar-refractivity contribution in [2.75, 3.05) is 13.2 Å². The summed E-state index contributed by atoms with van der Waals surface area (Å²) in [7, 11) is 0. The number of hydrogen-bond acceptors (Lipinski definition) is 8. The van der Waals surface area contributed by atoms with E-state index in [1.807, 2.05) is 37.3 Å². The molecule has 0 aliphatic heterocycles. The van der Waals surface area contributed by atoms with Crippen LogP contribution in [-0.2, 0) is 32.0 Å². The average molecular weight is 522 g/mol. The van der Waals surface area contributed by atoms with Gasteiger partial charge in [-0.25, -0.2) is 14.5 Å². The van der Waals surface area contributed by atoms with E-state index in [1.54, 1.807) is 45.0 Å². The van der Waals surface area contributed by atoms with Crippen LogP contribution in [0.2, 0.25) is 0 Å². The number of imide groups is 1. The molecule has 2 rings (SSSR count). The van der Waals surface area contributed by atoms with Crippen LogP contribution in [0.4, 0.5) is 4.79 Å². The van der Waals surface area contributed by atoms with E-state index in [9.17, 15) is 19.6 Å². The number of aryl methyl sites for hydroxylation is 1. The molecule has 202 valence electrons. The molecule has 9 nitrogen and oxygen atoms in total. The number of carbonyl (C=O) groups is 3. The minimum Gasteiger partial charge on any atom is -0.458 e.